The molecule has 0 aliphatic carbocycles. The molecule has 3 heterocycles. The minimum absolute atomic E-state index is 0.161. The summed E-state index contributed by atoms with van der Waals surface area (Å²) < 4.78 is 27.6. The predicted molar refractivity (Wildman–Crippen MR) is 121 cm³/mol. The topological polar surface area (TPSA) is 55.9 Å². The zero-order valence-electron chi connectivity index (χ0n) is 18.5. The minimum Gasteiger partial charge on any atom is -0.337 e. The summed E-state index contributed by atoms with van der Waals surface area (Å²) in [6.07, 6.45) is 3.81. The van der Waals surface area contributed by atoms with E-state index in [1.54, 1.807) is 23.1 Å². The van der Waals surface area contributed by atoms with Crippen LogP contribution in [0.5, 0.6) is 0 Å². The highest BCUT2D eigenvalue weighted by Gasteiger charge is 2.42. The van der Waals surface area contributed by atoms with Gasteiger partial charge in [-0.3, -0.25) is 10.1 Å². The second-order valence-corrected chi connectivity index (χ2v) is 9.15. The van der Waals surface area contributed by atoms with Crippen LogP contribution in [0.1, 0.15) is 37.2 Å². The lowest BCUT2D eigenvalue weighted by molar-refractivity contribution is -0.118. The van der Waals surface area contributed by atoms with E-state index in [1.807, 2.05) is 6.07 Å². The summed E-state index contributed by atoms with van der Waals surface area (Å²) in [6, 6.07) is 11.5. The number of hydrogen-bond donors (Lipinski definition) is 1. The monoisotopic (exact) mass is 454 g/mol. The van der Waals surface area contributed by atoms with Crippen molar-refractivity contribution < 1.29 is 18.4 Å². The average molecular weight is 455 g/mol. The van der Waals surface area contributed by atoms with Crippen LogP contribution in [0.3, 0.4) is 0 Å². The molecule has 0 unspecified atom stereocenters. The van der Waals surface area contributed by atoms with Gasteiger partial charge in [-0.15, -0.1) is 0 Å². The van der Waals surface area contributed by atoms with E-state index in [1.165, 1.54) is 18.2 Å². The number of fused-ring (bicyclic) bond motifs is 3. The molecular weight excluding hydrogens is 426 g/mol. The third kappa shape index (κ3) is 4.44. The van der Waals surface area contributed by atoms with E-state index in [4.69, 9.17) is 0 Å². The maximum Gasteiger partial charge on any atom is 0.324 e. The zero-order chi connectivity index (χ0) is 22.9. The van der Waals surface area contributed by atoms with E-state index >= 15 is 0 Å². The Balaban J connectivity index is 1.20. The first-order chi connectivity index (χ1) is 16.0. The molecule has 2 fully saturated rings. The van der Waals surface area contributed by atoms with Crippen molar-refractivity contribution in [2.45, 2.75) is 37.6 Å². The van der Waals surface area contributed by atoms with Gasteiger partial charge in [-0.2, -0.15) is 0 Å². The lowest BCUT2D eigenvalue weighted by Gasteiger charge is -2.39. The molecule has 3 aliphatic heterocycles. The number of hydrogen-bond acceptors (Lipinski definition) is 4. The minimum atomic E-state index is -0.292. The second kappa shape index (κ2) is 9.09. The Hall–Kier alpha value is -3.00. The van der Waals surface area contributed by atoms with Crippen LogP contribution in [0, 0.1) is 11.6 Å². The fraction of sp³-hybridized carbons (Fsp3) is 0.440. The van der Waals surface area contributed by atoms with Gasteiger partial charge in [0.1, 0.15) is 18.2 Å². The standard InChI is InChI=1S/C25H28F2N4O2/c26-17-4-7-19(8-5-17)31-22-9-6-18(27)14-20(22)21-15-29(13-10-23(21)31)11-2-1-3-12-30-16-24(32)28-25(30)33/h4-9,14,21,23H,1-3,10-13,15-16H2,(H,28,32,33)/t21-,23+/m0/s1. The highest BCUT2D eigenvalue weighted by Crippen LogP contribution is 2.48. The first-order valence-electron chi connectivity index (χ1n) is 11.6. The number of carbonyl (C=O) groups is 2. The van der Waals surface area contributed by atoms with Gasteiger partial charge in [0.25, 0.3) is 0 Å². The summed E-state index contributed by atoms with van der Waals surface area (Å²) in [6.45, 7) is 3.53. The van der Waals surface area contributed by atoms with Crippen LogP contribution in [0.15, 0.2) is 42.5 Å². The maximum absolute atomic E-state index is 14.1. The number of amides is 3. The van der Waals surface area contributed by atoms with Crippen molar-refractivity contribution in [3.8, 4) is 0 Å². The number of nitrogens with zero attached hydrogens (tertiary/aromatic N) is 3. The second-order valence-electron chi connectivity index (χ2n) is 9.15. The molecule has 2 saturated heterocycles. The predicted octanol–water partition coefficient (Wildman–Crippen LogP) is 4.00. The molecule has 5 rings (SSSR count). The van der Waals surface area contributed by atoms with Gasteiger partial charge in [0, 0.05) is 43.0 Å². The molecule has 2 aromatic rings. The molecular formula is C25H28F2N4O2. The van der Waals surface area contributed by atoms with E-state index in [9.17, 15) is 18.4 Å². The van der Waals surface area contributed by atoms with Gasteiger partial charge in [0.05, 0.1) is 0 Å². The quantitative estimate of drug-likeness (QED) is 0.508. The smallest absolute Gasteiger partial charge is 0.324 e. The highest BCUT2D eigenvalue weighted by molar-refractivity contribution is 6.01. The van der Waals surface area contributed by atoms with Crippen LogP contribution < -0.4 is 10.2 Å². The van der Waals surface area contributed by atoms with Gasteiger partial charge >= 0.3 is 6.03 Å². The summed E-state index contributed by atoms with van der Waals surface area (Å²) in [4.78, 5) is 29.1. The Bertz CT molecular complexity index is 1050. The molecule has 8 heteroatoms. The van der Waals surface area contributed by atoms with Crippen molar-refractivity contribution in [2.24, 2.45) is 0 Å². The zero-order valence-corrected chi connectivity index (χ0v) is 18.5. The maximum atomic E-state index is 14.1. The van der Waals surface area contributed by atoms with Crippen LogP contribution in [0.4, 0.5) is 25.0 Å². The van der Waals surface area contributed by atoms with Crippen molar-refractivity contribution in [3.63, 3.8) is 0 Å². The molecule has 0 saturated carbocycles. The van der Waals surface area contributed by atoms with Crippen LogP contribution in [0.2, 0.25) is 0 Å². The van der Waals surface area contributed by atoms with Gasteiger partial charge in [0.15, 0.2) is 0 Å². The van der Waals surface area contributed by atoms with Crippen LogP contribution in [-0.2, 0) is 4.79 Å². The number of imide groups is 1. The molecule has 1 N–H and O–H groups in total. The highest BCUT2D eigenvalue weighted by atomic mass is 19.1. The summed E-state index contributed by atoms with van der Waals surface area (Å²) in [5, 5.41) is 2.30. The van der Waals surface area contributed by atoms with Gasteiger partial charge in [-0.25, -0.2) is 13.6 Å². The first kappa shape index (κ1) is 21.8. The third-order valence-corrected chi connectivity index (χ3v) is 7.02. The van der Waals surface area contributed by atoms with E-state index in [0.29, 0.717) is 6.54 Å². The summed E-state index contributed by atoms with van der Waals surface area (Å²) >= 11 is 0. The largest absolute Gasteiger partial charge is 0.337 e. The molecule has 6 nitrogen and oxygen atoms in total. The van der Waals surface area contributed by atoms with E-state index in [2.05, 4.69) is 15.1 Å². The molecule has 3 aliphatic rings. The van der Waals surface area contributed by atoms with Crippen molar-refractivity contribution in [1.29, 1.82) is 0 Å². The lowest BCUT2D eigenvalue weighted by Crippen LogP contribution is -2.45. The van der Waals surface area contributed by atoms with E-state index in [0.717, 1.165) is 62.3 Å². The van der Waals surface area contributed by atoms with Crippen LogP contribution in [0.25, 0.3) is 0 Å². The average Bonchev–Trinajstić information content (AvgIpc) is 3.29. The Morgan fingerprint density at radius 1 is 0.939 bits per heavy atom. The number of anilines is 2. The van der Waals surface area contributed by atoms with Crippen molar-refractivity contribution in [2.75, 3.05) is 37.6 Å². The Labute approximate surface area is 192 Å². The number of urea groups is 1. The van der Waals surface area contributed by atoms with Crippen molar-refractivity contribution >= 4 is 23.3 Å². The molecule has 33 heavy (non-hydrogen) atoms. The van der Waals surface area contributed by atoms with Crippen molar-refractivity contribution in [1.82, 2.24) is 15.1 Å². The molecule has 2 atom stereocenters. The first-order valence-corrected chi connectivity index (χ1v) is 11.6. The Kier molecular flexibility index (Phi) is 6.01. The Morgan fingerprint density at radius 3 is 2.45 bits per heavy atom. The van der Waals surface area contributed by atoms with Crippen LogP contribution in [-0.4, -0.2) is 60.5 Å². The SMILES string of the molecule is O=C1CN(CCCCCN2CC[C@@H]3[C@@H](C2)c2cc(F)ccc2N3c2ccc(F)cc2)C(=O)N1. The van der Waals surface area contributed by atoms with Gasteiger partial charge in [0.2, 0.25) is 5.91 Å². The fourth-order valence-corrected chi connectivity index (χ4v) is 5.46. The van der Waals surface area contributed by atoms with Gasteiger partial charge in [-0.1, -0.05) is 6.42 Å². The molecule has 0 radical (unpaired) electrons. The summed E-state index contributed by atoms with van der Waals surface area (Å²) in [5.41, 5.74) is 2.98. The van der Waals surface area contributed by atoms with E-state index in [-0.39, 0.29) is 42.1 Å². The summed E-state index contributed by atoms with van der Waals surface area (Å²) in [5.74, 6) is -0.518. The number of nitrogens with one attached hydrogen (secondary N) is 1. The van der Waals surface area contributed by atoms with Crippen LogP contribution >= 0.6 is 0 Å². The van der Waals surface area contributed by atoms with Gasteiger partial charge in [-0.05, 0) is 73.8 Å². The number of benzene rings is 2. The lowest BCUT2D eigenvalue weighted by atomic mass is 9.89. The number of carbonyl (C=O) groups excluding carboxylic acids is 2. The van der Waals surface area contributed by atoms with E-state index < -0.39 is 0 Å². The van der Waals surface area contributed by atoms with Gasteiger partial charge < -0.3 is 14.7 Å². The number of rotatable bonds is 7. The number of halogens is 2. The number of piperidine rings is 1. The van der Waals surface area contributed by atoms with Crippen molar-refractivity contribution in [3.05, 3.63) is 59.7 Å². The molecule has 3 amide bonds. The Morgan fingerprint density at radius 2 is 1.70 bits per heavy atom. The molecule has 0 bridgehead atoms. The fourth-order valence-electron chi connectivity index (χ4n) is 5.46. The molecule has 0 spiro atoms. The summed E-state index contributed by atoms with van der Waals surface area (Å²) in [7, 11) is 0. The number of unbranched alkanes of at least 4 members (excludes halogenated alkanes) is 2. The molecule has 2 aromatic carbocycles. The molecule has 0 aromatic heterocycles. The normalized spacial score (nSPS) is 22.5. The number of likely N-dealkylation sites (tertiary alicyclic amines) is 1. The molecule has 174 valence electrons. The third-order valence-electron chi connectivity index (χ3n) is 7.02.